The van der Waals surface area contributed by atoms with Crippen molar-refractivity contribution in [2.45, 2.75) is 37.9 Å². The molecule has 3 atom stereocenters. The number of carbonyl (C=O) groups excluding carboxylic acids is 2. The molecule has 3 amide bonds. The van der Waals surface area contributed by atoms with Crippen LogP contribution in [0.4, 0.5) is 28.0 Å². The average molecular weight is 506 g/mol. The lowest BCUT2D eigenvalue weighted by Gasteiger charge is -2.30. The van der Waals surface area contributed by atoms with Gasteiger partial charge in [-0.1, -0.05) is 12.1 Å². The van der Waals surface area contributed by atoms with Crippen LogP contribution in [0.25, 0.3) is 0 Å². The van der Waals surface area contributed by atoms with Gasteiger partial charge in [0.25, 0.3) is 5.91 Å². The highest BCUT2D eigenvalue weighted by molar-refractivity contribution is 6.07. The van der Waals surface area contributed by atoms with E-state index in [0.717, 1.165) is 24.2 Å². The second kappa shape index (κ2) is 9.47. The number of alkyl halides is 3. The lowest BCUT2D eigenvalue weighted by molar-refractivity contribution is -0.173. The number of nitrogens with two attached hydrogens (primary N) is 1. The molecule has 0 saturated carbocycles. The minimum absolute atomic E-state index is 0.0225. The molecule has 2 aliphatic rings. The Morgan fingerprint density at radius 1 is 1.22 bits per heavy atom. The SMILES string of the molecule is COc1ccc(F)cc1C(=O)NCc1ccc(N2C(=O)N(C(C)C(F)(F)F)C3N=CN=C(N)C32)cc1. The fourth-order valence-electron chi connectivity index (χ4n) is 4.06. The van der Waals surface area contributed by atoms with Gasteiger partial charge in [0.2, 0.25) is 0 Å². The normalized spacial score (nSPS) is 20.2. The molecular weight excluding hydrogens is 484 g/mol. The number of carbonyl (C=O) groups is 2. The molecule has 0 spiro atoms. The molecule has 1 saturated heterocycles. The molecule has 2 heterocycles. The Morgan fingerprint density at radius 3 is 2.56 bits per heavy atom. The van der Waals surface area contributed by atoms with Crippen molar-refractivity contribution in [1.82, 2.24) is 10.2 Å². The van der Waals surface area contributed by atoms with E-state index >= 15 is 0 Å². The first-order valence-electron chi connectivity index (χ1n) is 10.8. The molecule has 0 aliphatic carbocycles. The topological polar surface area (TPSA) is 113 Å². The van der Waals surface area contributed by atoms with E-state index in [-0.39, 0.29) is 29.4 Å². The Balaban J connectivity index is 1.53. The molecule has 2 aromatic rings. The highest BCUT2D eigenvalue weighted by atomic mass is 19.4. The summed E-state index contributed by atoms with van der Waals surface area (Å²) in [6, 6.07) is 5.77. The predicted octanol–water partition coefficient (Wildman–Crippen LogP) is 3.05. The number of nitrogens with zero attached hydrogens (tertiary/aromatic N) is 4. The third-order valence-corrected chi connectivity index (χ3v) is 5.97. The molecule has 2 aliphatic heterocycles. The molecule has 0 radical (unpaired) electrons. The number of aliphatic imine (C=N–C) groups is 2. The van der Waals surface area contributed by atoms with Gasteiger partial charge >= 0.3 is 12.2 Å². The molecule has 4 rings (SSSR count). The van der Waals surface area contributed by atoms with E-state index in [1.165, 1.54) is 31.4 Å². The number of methoxy groups -OCH3 is 1. The minimum Gasteiger partial charge on any atom is -0.496 e. The standard InChI is InChI=1S/C23H22F4N6O3/c1-12(23(25,26)27)32-20-18(19(28)30-11-31-20)33(22(32)35)15-6-3-13(4-7-15)10-29-21(34)16-9-14(24)5-8-17(16)36-2/h3-9,11-12,18,20H,10H2,1-2H3,(H,29,34)(H2,28,30,31). The molecule has 1 fully saturated rings. The summed E-state index contributed by atoms with van der Waals surface area (Å²) in [4.78, 5) is 35.2. The van der Waals surface area contributed by atoms with Gasteiger partial charge in [-0.2, -0.15) is 13.2 Å². The molecule has 0 bridgehead atoms. The maximum absolute atomic E-state index is 13.6. The number of urea groups is 1. The van der Waals surface area contributed by atoms with Gasteiger partial charge in [0.05, 0.1) is 12.7 Å². The monoisotopic (exact) mass is 506 g/mol. The summed E-state index contributed by atoms with van der Waals surface area (Å²) in [5.74, 6) is -0.990. The first-order chi connectivity index (χ1) is 17.0. The van der Waals surface area contributed by atoms with Crippen LogP contribution in [-0.4, -0.2) is 60.5 Å². The van der Waals surface area contributed by atoms with E-state index in [1.807, 2.05) is 0 Å². The third kappa shape index (κ3) is 4.55. The van der Waals surface area contributed by atoms with Crippen LogP contribution in [0.1, 0.15) is 22.8 Å². The number of hydrogen-bond acceptors (Lipinski definition) is 6. The van der Waals surface area contributed by atoms with Gasteiger partial charge in [0.15, 0.2) is 6.17 Å². The van der Waals surface area contributed by atoms with Crippen molar-refractivity contribution >= 4 is 29.8 Å². The second-order valence-corrected chi connectivity index (χ2v) is 8.15. The highest BCUT2D eigenvalue weighted by Gasteiger charge is 2.56. The largest absolute Gasteiger partial charge is 0.496 e. The molecule has 9 nitrogen and oxygen atoms in total. The maximum Gasteiger partial charge on any atom is 0.408 e. The van der Waals surface area contributed by atoms with Crippen LogP contribution < -0.4 is 20.7 Å². The van der Waals surface area contributed by atoms with Gasteiger partial charge < -0.3 is 15.8 Å². The number of halogens is 4. The van der Waals surface area contributed by atoms with Crippen LogP contribution in [0, 0.1) is 5.82 Å². The molecule has 0 aromatic heterocycles. The van der Waals surface area contributed by atoms with Crippen molar-refractivity contribution in [1.29, 1.82) is 0 Å². The fraction of sp³-hybridized carbons (Fsp3) is 0.304. The van der Waals surface area contributed by atoms with Gasteiger partial charge in [-0.3, -0.25) is 14.6 Å². The summed E-state index contributed by atoms with van der Waals surface area (Å²) >= 11 is 0. The smallest absolute Gasteiger partial charge is 0.408 e. The Hall–Kier alpha value is -4.16. The number of fused-ring (bicyclic) bond motifs is 1. The number of rotatable bonds is 6. The quantitative estimate of drug-likeness (QED) is 0.587. The van der Waals surface area contributed by atoms with E-state index in [9.17, 15) is 27.2 Å². The van der Waals surface area contributed by atoms with Crippen LogP contribution in [-0.2, 0) is 6.54 Å². The summed E-state index contributed by atoms with van der Waals surface area (Å²) in [6.07, 6.45) is -4.81. The van der Waals surface area contributed by atoms with E-state index in [2.05, 4.69) is 15.3 Å². The van der Waals surface area contributed by atoms with Gasteiger partial charge in [0, 0.05) is 12.2 Å². The van der Waals surface area contributed by atoms with Gasteiger partial charge in [-0.05, 0) is 42.8 Å². The minimum atomic E-state index is -4.67. The number of amides is 3. The summed E-state index contributed by atoms with van der Waals surface area (Å²) < 4.78 is 59.0. The van der Waals surface area contributed by atoms with Gasteiger partial charge in [0.1, 0.15) is 35.8 Å². The molecule has 13 heteroatoms. The first-order valence-corrected chi connectivity index (χ1v) is 10.8. The predicted molar refractivity (Wildman–Crippen MR) is 123 cm³/mol. The van der Waals surface area contributed by atoms with E-state index < -0.39 is 42.2 Å². The summed E-state index contributed by atoms with van der Waals surface area (Å²) in [5.41, 5.74) is 6.88. The third-order valence-electron chi connectivity index (χ3n) is 5.97. The molecule has 36 heavy (non-hydrogen) atoms. The van der Waals surface area contributed by atoms with E-state index in [1.54, 1.807) is 12.1 Å². The Labute approximate surface area is 203 Å². The van der Waals surface area contributed by atoms with Crippen molar-refractivity contribution in [3.8, 4) is 5.75 Å². The lowest BCUT2D eigenvalue weighted by Crippen LogP contribution is -2.51. The summed E-state index contributed by atoms with van der Waals surface area (Å²) in [5, 5.41) is 2.65. The zero-order chi connectivity index (χ0) is 26.2. The fourth-order valence-corrected chi connectivity index (χ4v) is 4.06. The van der Waals surface area contributed by atoms with Crippen molar-refractivity contribution in [2.75, 3.05) is 12.0 Å². The zero-order valence-corrected chi connectivity index (χ0v) is 19.2. The van der Waals surface area contributed by atoms with Crippen molar-refractivity contribution < 1.29 is 31.9 Å². The number of anilines is 1. The molecular formula is C23H22F4N6O3. The number of ether oxygens (including phenoxy) is 1. The van der Waals surface area contributed by atoms with Crippen molar-refractivity contribution in [3.63, 3.8) is 0 Å². The number of benzene rings is 2. The highest BCUT2D eigenvalue weighted by Crippen LogP contribution is 2.37. The van der Waals surface area contributed by atoms with E-state index in [4.69, 9.17) is 10.5 Å². The van der Waals surface area contributed by atoms with Gasteiger partial charge in [-0.15, -0.1) is 0 Å². The van der Waals surface area contributed by atoms with Crippen LogP contribution in [0.5, 0.6) is 5.75 Å². The van der Waals surface area contributed by atoms with Gasteiger partial charge in [-0.25, -0.2) is 19.2 Å². The van der Waals surface area contributed by atoms with Crippen LogP contribution in [0.3, 0.4) is 0 Å². The lowest BCUT2D eigenvalue weighted by atomic mass is 10.1. The number of nitrogens with one attached hydrogen (secondary N) is 1. The Kier molecular flexibility index (Phi) is 6.57. The van der Waals surface area contributed by atoms with Crippen molar-refractivity contribution in [2.24, 2.45) is 15.7 Å². The van der Waals surface area contributed by atoms with Crippen molar-refractivity contribution in [3.05, 3.63) is 59.4 Å². The zero-order valence-electron chi connectivity index (χ0n) is 19.2. The molecule has 2 aromatic carbocycles. The average Bonchev–Trinajstić information content (AvgIpc) is 3.14. The van der Waals surface area contributed by atoms with E-state index in [0.29, 0.717) is 10.5 Å². The number of amidine groups is 1. The Morgan fingerprint density at radius 2 is 1.92 bits per heavy atom. The summed E-state index contributed by atoms with van der Waals surface area (Å²) in [6.45, 7) is 0.944. The summed E-state index contributed by atoms with van der Waals surface area (Å²) in [7, 11) is 1.36. The molecule has 3 N–H and O–H groups in total. The van der Waals surface area contributed by atoms with Crippen LogP contribution in [0.2, 0.25) is 0 Å². The maximum atomic E-state index is 13.6. The second-order valence-electron chi connectivity index (χ2n) is 8.15. The molecule has 190 valence electrons. The van der Waals surface area contributed by atoms with Crippen LogP contribution >= 0.6 is 0 Å². The first kappa shape index (κ1) is 24.9. The Bertz CT molecular complexity index is 1230. The molecule has 3 unspecified atom stereocenters. The number of hydrogen-bond donors (Lipinski definition) is 2. The van der Waals surface area contributed by atoms with Crippen LogP contribution in [0.15, 0.2) is 52.4 Å².